The highest BCUT2D eigenvalue weighted by Crippen LogP contribution is 2.33. The van der Waals surface area contributed by atoms with E-state index in [1.807, 2.05) is 41.8 Å². The van der Waals surface area contributed by atoms with Gasteiger partial charge in [0, 0.05) is 17.5 Å². The molecule has 1 saturated carbocycles. The lowest BCUT2D eigenvalue weighted by Crippen LogP contribution is -2.42. The van der Waals surface area contributed by atoms with Crippen LogP contribution in [0, 0.1) is 5.92 Å². The summed E-state index contributed by atoms with van der Waals surface area (Å²) in [4.78, 5) is 25.8. The van der Waals surface area contributed by atoms with Gasteiger partial charge in [0.1, 0.15) is 5.70 Å². The van der Waals surface area contributed by atoms with Crippen molar-refractivity contribution in [1.29, 1.82) is 0 Å². The van der Waals surface area contributed by atoms with Gasteiger partial charge in [-0.3, -0.25) is 9.59 Å². The van der Waals surface area contributed by atoms with Crippen LogP contribution < -0.4 is 10.6 Å². The fourth-order valence-corrected chi connectivity index (χ4v) is 3.81. The maximum absolute atomic E-state index is 12.7. The molecule has 4 rings (SSSR count). The predicted octanol–water partition coefficient (Wildman–Crippen LogP) is 3.55. The molecule has 1 aliphatic heterocycles. The Balaban J connectivity index is 1.67. The van der Waals surface area contributed by atoms with Gasteiger partial charge in [-0.2, -0.15) is 0 Å². The van der Waals surface area contributed by atoms with Gasteiger partial charge in [0.25, 0.3) is 0 Å². The lowest BCUT2D eigenvalue weighted by molar-refractivity contribution is -0.135. The fraction of sp³-hybridized carbons (Fsp3) is 0.263. The molecule has 2 aromatic rings. The second kappa shape index (κ2) is 6.65. The third-order valence-electron chi connectivity index (χ3n) is 4.49. The summed E-state index contributed by atoms with van der Waals surface area (Å²) in [6.07, 6.45) is 1.65. The number of nitrogens with one attached hydrogen (secondary N) is 2. The Morgan fingerprint density at radius 1 is 1.12 bits per heavy atom. The SMILES string of the molecule is O=C(C(=O)C1CC1)C1=C(c2cccs2)NC(c2ccc(Cl)cc2)CN1. The van der Waals surface area contributed by atoms with Gasteiger partial charge >= 0.3 is 0 Å². The molecule has 128 valence electrons. The second-order valence-electron chi connectivity index (χ2n) is 6.32. The minimum Gasteiger partial charge on any atom is -0.378 e. The molecule has 0 amide bonds. The number of Topliss-reactive ketones (excluding diaryl/α,β-unsaturated/α-hetero) is 2. The van der Waals surface area contributed by atoms with E-state index in [1.165, 1.54) is 0 Å². The molecule has 25 heavy (non-hydrogen) atoms. The van der Waals surface area contributed by atoms with E-state index in [4.69, 9.17) is 11.6 Å². The van der Waals surface area contributed by atoms with Crippen LogP contribution in [0.2, 0.25) is 5.02 Å². The van der Waals surface area contributed by atoms with Crippen LogP contribution in [0.4, 0.5) is 0 Å². The standard InChI is InChI=1S/C19H17ClN2O2S/c20-13-7-5-11(6-8-13)14-10-21-17(19(24)18(23)12-3-4-12)16(22-14)15-2-1-9-25-15/h1-2,5-9,12,14,21-22H,3-4,10H2. The van der Waals surface area contributed by atoms with Crippen molar-refractivity contribution < 1.29 is 9.59 Å². The number of thiophene rings is 1. The third kappa shape index (κ3) is 3.34. The molecule has 4 nitrogen and oxygen atoms in total. The Labute approximate surface area is 154 Å². The molecule has 2 N–H and O–H groups in total. The van der Waals surface area contributed by atoms with E-state index in [0.717, 1.165) is 23.3 Å². The molecule has 2 heterocycles. The largest absolute Gasteiger partial charge is 0.378 e. The Morgan fingerprint density at radius 2 is 1.88 bits per heavy atom. The minimum atomic E-state index is -0.409. The van der Waals surface area contributed by atoms with Crippen LogP contribution in [0.15, 0.2) is 47.5 Å². The summed E-state index contributed by atoms with van der Waals surface area (Å²) in [5, 5.41) is 9.30. The van der Waals surface area contributed by atoms with Crippen molar-refractivity contribution >= 4 is 40.2 Å². The first-order chi connectivity index (χ1) is 12.1. The zero-order valence-electron chi connectivity index (χ0n) is 13.4. The molecule has 6 heteroatoms. The first-order valence-electron chi connectivity index (χ1n) is 8.26. The van der Waals surface area contributed by atoms with Gasteiger partial charge in [-0.1, -0.05) is 29.8 Å². The maximum atomic E-state index is 12.7. The molecule has 0 spiro atoms. The van der Waals surface area contributed by atoms with Gasteiger partial charge in [-0.15, -0.1) is 11.3 Å². The Hall–Kier alpha value is -2.11. The monoisotopic (exact) mass is 372 g/mol. The Bertz CT molecular complexity index is 839. The van der Waals surface area contributed by atoms with Crippen LogP contribution in [0.3, 0.4) is 0 Å². The number of carbonyl (C=O) groups excluding carboxylic acids is 2. The van der Waals surface area contributed by atoms with Gasteiger partial charge in [0.05, 0.1) is 16.6 Å². The van der Waals surface area contributed by atoms with Crippen LogP contribution >= 0.6 is 22.9 Å². The molecular formula is C19H17ClN2O2S. The van der Waals surface area contributed by atoms with E-state index in [9.17, 15) is 9.59 Å². The highest BCUT2D eigenvalue weighted by Gasteiger charge is 2.38. The third-order valence-corrected chi connectivity index (χ3v) is 5.63. The molecule has 1 aromatic carbocycles. The van der Waals surface area contributed by atoms with Crippen molar-refractivity contribution in [2.24, 2.45) is 5.92 Å². The van der Waals surface area contributed by atoms with Crippen molar-refractivity contribution in [3.63, 3.8) is 0 Å². The molecule has 1 aromatic heterocycles. The molecule has 0 saturated heterocycles. The van der Waals surface area contributed by atoms with Crippen LogP contribution in [0.25, 0.3) is 5.70 Å². The minimum absolute atomic E-state index is 0.00180. The molecule has 1 atom stereocenters. The number of allylic oxidation sites excluding steroid dienone is 1. The summed E-state index contributed by atoms with van der Waals surface area (Å²) in [5.41, 5.74) is 2.18. The van der Waals surface area contributed by atoms with Crippen molar-refractivity contribution in [2.45, 2.75) is 18.9 Å². The van der Waals surface area contributed by atoms with Gasteiger partial charge in [0.2, 0.25) is 11.6 Å². The predicted molar refractivity (Wildman–Crippen MR) is 99.3 cm³/mol. The number of hydrogen-bond acceptors (Lipinski definition) is 5. The van der Waals surface area contributed by atoms with E-state index >= 15 is 0 Å². The topological polar surface area (TPSA) is 58.2 Å². The number of halogens is 1. The van der Waals surface area contributed by atoms with E-state index in [1.54, 1.807) is 11.3 Å². The zero-order chi connectivity index (χ0) is 17.4. The summed E-state index contributed by atoms with van der Waals surface area (Å²) in [5.74, 6) is -0.767. The van der Waals surface area contributed by atoms with Crippen molar-refractivity contribution in [3.8, 4) is 0 Å². The average molecular weight is 373 g/mol. The van der Waals surface area contributed by atoms with E-state index < -0.39 is 5.78 Å². The number of ketones is 2. The van der Waals surface area contributed by atoms with Crippen molar-refractivity contribution in [1.82, 2.24) is 10.6 Å². The molecule has 1 unspecified atom stereocenters. The molecule has 1 fully saturated rings. The average Bonchev–Trinajstić information content (AvgIpc) is 3.35. The molecule has 2 aliphatic rings. The van der Waals surface area contributed by atoms with E-state index in [0.29, 0.717) is 23.0 Å². The summed E-state index contributed by atoms with van der Waals surface area (Å²) in [6.45, 7) is 0.537. The van der Waals surface area contributed by atoms with Crippen LogP contribution in [0.1, 0.15) is 29.3 Å². The molecule has 1 aliphatic carbocycles. The summed E-state index contributed by atoms with van der Waals surface area (Å²) >= 11 is 7.51. The van der Waals surface area contributed by atoms with Crippen LogP contribution in [0.5, 0.6) is 0 Å². The lowest BCUT2D eigenvalue weighted by Gasteiger charge is -2.30. The number of rotatable bonds is 5. The molecule has 0 bridgehead atoms. The van der Waals surface area contributed by atoms with E-state index in [2.05, 4.69) is 10.6 Å². The number of hydrogen-bond donors (Lipinski definition) is 2. The fourth-order valence-electron chi connectivity index (χ4n) is 2.95. The highest BCUT2D eigenvalue weighted by molar-refractivity contribution is 7.11. The summed E-state index contributed by atoms with van der Waals surface area (Å²) < 4.78 is 0. The summed E-state index contributed by atoms with van der Waals surface area (Å²) in [7, 11) is 0. The first kappa shape index (κ1) is 16.4. The van der Waals surface area contributed by atoms with Crippen LogP contribution in [-0.2, 0) is 9.59 Å². The number of carbonyl (C=O) groups is 2. The normalized spacial score (nSPS) is 20.0. The zero-order valence-corrected chi connectivity index (χ0v) is 15.0. The summed E-state index contributed by atoms with van der Waals surface area (Å²) in [6, 6.07) is 11.5. The van der Waals surface area contributed by atoms with Gasteiger partial charge in [-0.05, 0) is 42.0 Å². The van der Waals surface area contributed by atoms with E-state index in [-0.39, 0.29) is 17.7 Å². The Morgan fingerprint density at radius 3 is 2.52 bits per heavy atom. The quantitative estimate of drug-likeness (QED) is 0.788. The number of benzene rings is 1. The van der Waals surface area contributed by atoms with Crippen molar-refractivity contribution in [3.05, 3.63) is 62.9 Å². The smallest absolute Gasteiger partial charge is 0.246 e. The highest BCUT2D eigenvalue weighted by atomic mass is 35.5. The van der Waals surface area contributed by atoms with Gasteiger partial charge < -0.3 is 10.6 Å². The molecular weight excluding hydrogens is 356 g/mol. The first-order valence-corrected chi connectivity index (χ1v) is 9.52. The maximum Gasteiger partial charge on any atom is 0.246 e. The van der Waals surface area contributed by atoms with Crippen molar-refractivity contribution in [2.75, 3.05) is 6.54 Å². The molecule has 0 radical (unpaired) electrons. The van der Waals surface area contributed by atoms with Gasteiger partial charge in [-0.25, -0.2) is 0 Å². The lowest BCUT2D eigenvalue weighted by atomic mass is 10.0. The van der Waals surface area contributed by atoms with Crippen LogP contribution in [-0.4, -0.2) is 18.1 Å². The van der Waals surface area contributed by atoms with Gasteiger partial charge in [0.15, 0.2) is 0 Å². The Kier molecular flexibility index (Phi) is 4.36. The second-order valence-corrected chi connectivity index (χ2v) is 7.71.